The molecule has 0 spiro atoms. The van der Waals surface area contributed by atoms with E-state index in [0.29, 0.717) is 23.6 Å². The molecular weight excluding hydrogens is 405 g/mol. The highest BCUT2D eigenvalue weighted by Gasteiger charge is 2.17. The first-order chi connectivity index (χ1) is 14.3. The molecule has 0 heterocycles. The Balaban J connectivity index is 1.69. The molecular formula is C22H28FN3O3S. The van der Waals surface area contributed by atoms with Crippen molar-refractivity contribution in [1.29, 1.82) is 0 Å². The third-order valence-corrected chi connectivity index (χ3v) is 6.15. The number of hydrogen-bond acceptors (Lipinski definition) is 4. The summed E-state index contributed by atoms with van der Waals surface area (Å²) in [6.07, 6.45) is 5.40. The summed E-state index contributed by atoms with van der Waals surface area (Å²) in [5, 5.41) is 16.6. The molecule has 3 rings (SSSR count). The third kappa shape index (κ3) is 5.72. The van der Waals surface area contributed by atoms with Crippen molar-refractivity contribution < 1.29 is 17.9 Å². The smallest absolute Gasteiger partial charge is 0.191 e. The van der Waals surface area contributed by atoms with Crippen molar-refractivity contribution in [1.82, 2.24) is 10.6 Å². The first-order valence-electron chi connectivity index (χ1n) is 9.99. The number of aromatic hydroxyl groups is 1. The van der Waals surface area contributed by atoms with Gasteiger partial charge in [-0.05, 0) is 66.1 Å². The minimum atomic E-state index is -3.24. The summed E-state index contributed by atoms with van der Waals surface area (Å²) in [6.45, 7) is 0.634. The summed E-state index contributed by atoms with van der Waals surface area (Å²) in [6, 6.07) is 7.83. The number of aliphatic imine (C=N–C) groups is 1. The van der Waals surface area contributed by atoms with E-state index in [0.717, 1.165) is 37.5 Å². The van der Waals surface area contributed by atoms with E-state index in [-0.39, 0.29) is 18.0 Å². The number of aryl methyl sites for hydroxylation is 1. The molecule has 0 radical (unpaired) electrons. The van der Waals surface area contributed by atoms with Crippen LogP contribution in [0.1, 0.15) is 40.7 Å². The van der Waals surface area contributed by atoms with Crippen LogP contribution in [0.5, 0.6) is 5.75 Å². The van der Waals surface area contributed by atoms with Crippen LogP contribution in [0.4, 0.5) is 4.39 Å². The van der Waals surface area contributed by atoms with Crippen LogP contribution in [0.3, 0.4) is 0 Å². The Morgan fingerprint density at radius 1 is 1.10 bits per heavy atom. The summed E-state index contributed by atoms with van der Waals surface area (Å²) >= 11 is 0. The van der Waals surface area contributed by atoms with Crippen molar-refractivity contribution in [2.75, 3.05) is 13.3 Å². The minimum Gasteiger partial charge on any atom is -0.508 e. The van der Waals surface area contributed by atoms with Crippen molar-refractivity contribution in [2.45, 2.75) is 44.5 Å². The van der Waals surface area contributed by atoms with Crippen LogP contribution in [0, 0.1) is 5.82 Å². The second-order valence-corrected chi connectivity index (χ2v) is 9.81. The summed E-state index contributed by atoms with van der Waals surface area (Å²) in [4.78, 5) is 4.19. The standard InChI is InChI=1S/C22H28FN3O3S/c1-24-22(25-12-17-11-18(23)9-7-16(17)14-30(2,28)29)26-13-20-19-6-4-3-5-15(19)8-10-21(20)27/h7-11,27H,3-6,12-14H2,1-2H3,(H2,24,25,26). The fourth-order valence-electron chi connectivity index (χ4n) is 3.84. The minimum absolute atomic E-state index is 0.152. The Kier molecular flexibility index (Phi) is 6.97. The number of phenols is 1. The van der Waals surface area contributed by atoms with E-state index in [2.05, 4.69) is 15.6 Å². The summed E-state index contributed by atoms with van der Waals surface area (Å²) in [5.74, 6) is 0.171. The lowest BCUT2D eigenvalue weighted by Crippen LogP contribution is -2.37. The van der Waals surface area contributed by atoms with Gasteiger partial charge in [0, 0.05) is 32.0 Å². The number of rotatable bonds is 6. The Morgan fingerprint density at radius 2 is 1.83 bits per heavy atom. The molecule has 2 aromatic carbocycles. The van der Waals surface area contributed by atoms with Gasteiger partial charge in [0.2, 0.25) is 0 Å². The molecule has 162 valence electrons. The summed E-state index contributed by atoms with van der Waals surface area (Å²) in [5.41, 5.74) is 4.47. The van der Waals surface area contributed by atoms with Crippen LogP contribution in [0.25, 0.3) is 0 Å². The average Bonchev–Trinajstić information content (AvgIpc) is 2.70. The zero-order valence-electron chi connectivity index (χ0n) is 17.3. The highest BCUT2D eigenvalue weighted by atomic mass is 32.2. The number of halogens is 1. The number of phenolic OH excluding ortho intramolecular Hbond substituents is 1. The molecule has 0 atom stereocenters. The van der Waals surface area contributed by atoms with E-state index in [4.69, 9.17) is 0 Å². The van der Waals surface area contributed by atoms with Crippen molar-refractivity contribution >= 4 is 15.8 Å². The number of nitrogens with zero attached hydrogens (tertiary/aromatic N) is 1. The average molecular weight is 434 g/mol. The van der Waals surface area contributed by atoms with Gasteiger partial charge in [-0.15, -0.1) is 0 Å². The molecule has 0 aliphatic heterocycles. The van der Waals surface area contributed by atoms with Crippen LogP contribution in [-0.4, -0.2) is 32.8 Å². The van der Waals surface area contributed by atoms with E-state index in [1.807, 2.05) is 6.07 Å². The molecule has 0 aromatic heterocycles. The second kappa shape index (κ2) is 9.47. The van der Waals surface area contributed by atoms with E-state index in [9.17, 15) is 17.9 Å². The molecule has 1 aliphatic rings. The van der Waals surface area contributed by atoms with Gasteiger partial charge in [-0.2, -0.15) is 0 Å². The number of nitrogens with one attached hydrogen (secondary N) is 2. The second-order valence-electron chi connectivity index (χ2n) is 7.67. The molecule has 0 saturated carbocycles. The molecule has 0 amide bonds. The van der Waals surface area contributed by atoms with Gasteiger partial charge in [0.1, 0.15) is 11.6 Å². The molecule has 0 fully saturated rings. The maximum Gasteiger partial charge on any atom is 0.191 e. The van der Waals surface area contributed by atoms with Gasteiger partial charge in [-0.1, -0.05) is 12.1 Å². The van der Waals surface area contributed by atoms with E-state index < -0.39 is 15.7 Å². The van der Waals surface area contributed by atoms with Crippen LogP contribution in [0.2, 0.25) is 0 Å². The van der Waals surface area contributed by atoms with Gasteiger partial charge in [-0.3, -0.25) is 4.99 Å². The van der Waals surface area contributed by atoms with Crippen LogP contribution in [-0.2, 0) is 41.5 Å². The Hall–Kier alpha value is -2.61. The molecule has 6 nitrogen and oxygen atoms in total. The quantitative estimate of drug-likeness (QED) is 0.481. The first-order valence-corrected chi connectivity index (χ1v) is 12.0. The molecule has 0 saturated heterocycles. The van der Waals surface area contributed by atoms with Gasteiger partial charge in [0.05, 0.1) is 5.75 Å². The predicted octanol–water partition coefficient (Wildman–Crippen LogP) is 2.82. The van der Waals surface area contributed by atoms with Crippen molar-refractivity contribution in [3.8, 4) is 5.75 Å². The Morgan fingerprint density at radius 3 is 2.57 bits per heavy atom. The fourth-order valence-corrected chi connectivity index (χ4v) is 4.69. The normalized spacial score (nSPS) is 14.3. The van der Waals surface area contributed by atoms with Gasteiger partial charge in [0.25, 0.3) is 0 Å². The molecule has 3 N–H and O–H groups in total. The maximum absolute atomic E-state index is 13.7. The predicted molar refractivity (Wildman–Crippen MR) is 117 cm³/mol. The number of fused-ring (bicyclic) bond motifs is 1. The SMILES string of the molecule is CN=C(NCc1cc(F)ccc1CS(C)(=O)=O)NCc1c(O)ccc2c1CCCC2. The number of sulfone groups is 1. The monoisotopic (exact) mass is 433 g/mol. The van der Waals surface area contributed by atoms with Gasteiger partial charge < -0.3 is 15.7 Å². The lowest BCUT2D eigenvalue weighted by molar-refractivity contribution is 0.464. The van der Waals surface area contributed by atoms with E-state index >= 15 is 0 Å². The number of benzene rings is 2. The van der Waals surface area contributed by atoms with E-state index in [1.165, 1.54) is 29.3 Å². The number of guanidine groups is 1. The Bertz CT molecular complexity index is 1050. The molecule has 1 aliphatic carbocycles. The van der Waals surface area contributed by atoms with Crippen LogP contribution >= 0.6 is 0 Å². The fraction of sp³-hybridized carbons (Fsp3) is 0.409. The Labute approximate surface area is 177 Å². The van der Waals surface area contributed by atoms with E-state index in [1.54, 1.807) is 13.1 Å². The first kappa shape index (κ1) is 22.1. The van der Waals surface area contributed by atoms with Crippen LogP contribution in [0.15, 0.2) is 35.3 Å². The van der Waals surface area contributed by atoms with Gasteiger partial charge >= 0.3 is 0 Å². The van der Waals surface area contributed by atoms with Crippen molar-refractivity contribution in [3.05, 3.63) is 64.0 Å². The van der Waals surface area contributed by atoms with Crippen molar-refractivity contribution in [2.24, 2.45) is 4.99 Å². The largest absolute Gasteiger partial charge is 0.508 e. The summed E-state index contributed by atoms with van der Waals surface area (Å²) in [7, 11) is -1.62. The molecule has 0 unspecified atom stereocenters. The maximum atomic E-state index is 13.7. The zero-order chi connectivity index (χ0) is 21.7. The summed E-state index contributed by atoms with van der Waals surface area (Å²) < 4.78 is 37.0. The molecule has 0 bridgehead atoms. The third-order valence-electron chi connectivity index (χ3n) is 5.31. The lowest BCUT2D eigenvalue weighted by Gasteiger charge is -2.21. The van der Waals surface area contributed by atoms with Gasteiger partial charge in [-0.25, -0.2) is 12.8 Å². The highest BCUT2D eigenvalue weighted by Crippen LogP contribution is 2.30. The molecule has 2 aromatic rings. The molecule has 8 heteroatoms. The zero-order valence-corrected chi connectivity index (χ0v) is 18.2. The lowest BCUT2D eigenvalue weighted by atomic mass is 9.88. The highest BCUT2D eigenvalue weighted by molar-refractivity contribution is 7.89. The van der Waals surface area contributed by atoms with Crippen molar-refractivity contribution in [3.63, 3.8) is 0 Å². The molecule has 30 heavy (non-hydrogen) atoms. The topological polar surface area (TPSA) is 90.8 Å². The number of hydrogen-bond donors (Lipinski definition) is 3. The van der Waals surface area contributed by atoms with Crippen LogP contribution < -0.4 is 10.6 Å². The van der Waals surface area contributed by atoms with Gasteiger partial charge in [0.15, 0.2) is 15.8 Å².